The number of hydrogen-bond acceptors (Lipinski definition) is 4. The van der Waals surface area contributed by atoms with Crippen LogP contribution in [0.1, 0.15) is 44.6 Å². The Morgan fingerprint density at radius 3 is 2.76 bits per heavy atom. The van der Waals surface area contributed by atoms with E-state index in [-0.39, 0.29) is 30.8 Å². The van der Waals surface area contributed by atoms with Crippen LogP contribution in [0.15, 0.2) is 30.3 Å². The zero-order valence-corrected chi connectivity index (χ0v) is 14.6. The smallest absolute Gasteiger partial charge is 0.410 e. The van der Waals surface area contributed by atoms with Crippen molar-refractivity contribution >= 4 is 12.2 Å². The first kappa shape index (κ1) is 17.6. The predicted molar refractivity (Wildman–Crippen MR) is 93.1 cm³/mol. The van der Waals surface area contributed by atoms with Crippen molar-refractivity contribution in [2.45, 2.75) is 63.8 Å². The number of carbonyl (C=O) groups is 2. The first-order valence-electron chi connectivity index (χ1n) is 9.11. The van der Waals surface area contributed by atoms with Crippen LogP contribution in [0.4, 0.5) is 9.59 Å². The number of benzene rings is 1. The SMILES string of the molecule is CCCCOC(=O)N1[C@H]2CC[C@H]1[C@@H](NC(=O)OCc1ccccc1)C2. The van der Waals surface area contributed by atoms with E-state index in [1.807, 2.05) is 35.2 Å². The summed E-state index contributed by atoms with van der Waals surface area (Å²) in [4.78, 5) is 26.2. The lowest BCUT2D eigenvalue weighted by Crippen LogP contribution is -2.45. The highest BCUT2D eigenvalue weighted by atomic mass is 16.6. The van der Waals surface area contributed by atoms with Crippen molar-refractivity contribution in [1.82, 2.24) is 10.2 Å². The summed E-state index contributed by atoms with van der Waals surface area (Å²) in [7, 11) is 0. The van der Waals surface area contributed by atoms with Gasteiger partial charge in [-0.3, -0.25) is 0 Å². The molecular formula is C19H26N2O4. The minimum Gasteiger partial charge on any atom is -0.449 e. The molecule has 0 saturated carbocycles. The fourth-order valence-electron chi connectivity index (χ4n) is 3.72. The second-order valence-electron chi connectivity index (χ2n) is 6.72. The summed E-state index contributed by atoms with van der Waals surface area (Å²) in [6, 6.07) is 9.70. The highest BCUT2D eigenvalue weighted by molar-refractivity contribution is 5.71. The molecular weight excluding hydrogens is 320 g/mol. The van der Waals surface area contributed by atoms with Gasteiger partial charge in [0.25, 0.3) is 0 Å². The van der Waals surface area contributed by atoms with Crippen molar-refractivity contribution in [3.05, 3.63) is 35.9 Å². The van der Waals surface area contributed by atoms with Crippen LogP contribution in [0.25, 0.3) is 0 Å². The molecule has 2 aliphatic heterocycles. The zero-order valence-electron chi connectivity index (χ0n) is 14.6. The summed E-state index contributed by atoms with van der Waals surface area (Å²) in [5.74, 6) is 0. The summed E-state index contributed by atoms with van der Waals surface area (Å²) in [6.07, 6.45) is 3.85. The number of ether oxygens (including phenoxy) is 2. The number of nitrogens with zero attached hydrogens (tertiary/aromatic N) is 1. The van der Waals surface area contributed by atoms with Crippen LogP contribution in [0.2, 0.25) is 0 Å². The molecule has 1 aromatic carbocycles. The van der Waals surface area contributed by atoms with E-state index < -0.39 is 6.09 Å². The van der Waals surface area contributed by atoms with E-state index in [1.165, 1.54) is 0 Å². The average Bonchev–Trinajstić information content (AvgIpc) is 3.19. The van der Waals surface area contributed by atoms with Gasteiger partial charge in [-0.2, -0.15) is 0 Å². The van der Waals surface area contributed by atoms with Crippen molar-refractivity contribution in [3.63, 3.8) is 0 Å². The average molecular weight is 346 g/mol. The zero-order chi connectivity index (χ0) is 17.6. The van der Waals surface area contributed by atoms with Gasteiger partial charge in [0.05, 0.1) is 18.7 Å². The van der Waals surface area contributed by atoms with Gasteiger partial charge in [0.1, 0.15) is 6.61 Å². The summed E-state index contributed by atoms with van der Waals surface area (Å²) < 4.78 is 10.6. The normalized spacial score (nSPS) is 24.2. The molecule has 25 heavy (non-hydrogen) atoms. The van der Waals surface area contributed by atoms with Crippen molar-refractivity contribution in [2.75, 3.05) is 6.61 Å². The van der Waals surface area contributed by atoms with Crippen molar-refractivity contribution in [2.24, 2.45) is 0 Å². The van der Waals surface area contributed by atoms with Gasteiger partial charge >= 0.3 is 12.2 Å². The molecule has 2 aliphatic rings. The molecule has 2 amide bonds. The molecule has 1 N–H and O–H groups in total. The van der Waals surface area contributed by atoms with Crippen LogP contribution in [0.3, 0.4) is 0 Å². The Bertz CT molecular complexity index is 592. The van der Waals surface area contributed by atoms with E-state index in [4.69, 9.17) is 9.47 Å². The Morgan fingerprint density at radius 2 is 2.00 bits per heavy atom. The number of rotatable bonds is 6. The Balaban J connectivity index is 1.47. The molecule has 0 aliphatic carbocycles. The highest BCUT2D eigenvalue weighted by Crippen LogP contribution is 2.38. The molecule has 0 unspecified atom stereocenters. The number of amides is 2. The maximum absolute atomic E-state index is 12.3. The molecule has 2 heterocycles. The number of unbranched alkanes of at least 4 members (excludes halogenated alkanes) is 1. The molecule has 6 nitrogen and oxygen atoms in total. The van der Waals surface area contributed by atoms with Crippen molar-refractivity contribution in [1.29, 1.82) is 0 Å². The topological polar surface area (TPSA) is 67.9 Å². The Labute approximate surface area is 148 Å². The molecule has 1 aromatic rings. The number of carbonyl (C=O) groups excluding carboxylic acids is 2. The van der Waals surface area contributed by atoms with Gasteiger partial charge in [0.15, 0.2) is 0 Å². The lowest BCUT2D eigenvalue weighted by molar-refractivity contribution is 0.0930. The fraction of sp³-hybridized carbons (Fsp3) is 0.579. The second-order valence-corrected chi connectivity index (χ2v) is 6.72. The first-order chi connectivity index (χ1) is 12.2. The lowest BCUT2D eigenvalue weighted by Gasteiger charge is -2.24. The van der Waals surface area contributed by atoms with Gasteiger partial charge in [-0.15, -0.1) is 0 Å². The molecule has 0 aromatic heterocycles. The summed E-state index contributed by atoms with van der Waals surface area (Å²) in [5, 5.41) is 2.92. The third kappa shape index (κ3) is 4.24. The third-order valence-electron chi connectivity index (χ3n) is 4.99. The highest BCUT2D eigenvalue weighted by Gasteiger charge is 2.49. The summed E-state index contributed by atoms with van der Waals surface area (Å²) >= 11 is 0. The summed E-state index contributed by atoms with van der Waals surface area (Å²) in [5.41, 5.74) is 0.951. The molecule has 2 bridgehead atoms. The minimum absolute atomic E-state index is 0.0170. The van der Waals surface area contributed by atoms with Crippen molar-refractivity contribution < 1.29 is 19.1 Å². The number of hydrogen-bond donors (Lipinski definition) is 1. The van der Waals surface area contributed by atoms with E-state index in [2.05, 4.69) is 12.2 Å². The van der Waals surface area contributed by atoms with Gasteiger partial charge in [0.2, 0.25) is 0 Å². The first-order valence-corrected chi connectivity index (χ1v) is 9.11. The molecule has 3 rings (SSSR count). The quantitative estimate of drug-likeness (QED) is 0.801. The third-order valence-corrected chi connectivity index (χ3v) is 4.99. The molecule has 6 heteroatoms. The largest absolute Gasteiger partial charge is 0.449 e. The Hall–Kier alpha value is -2.24. The standard InChI is InChI=1S/C19H26N2O4/c1-2-3-11-24-19(23)21-15-9-10-17(21)16(12-15)20-18(22)25-13-14-7-5-4-6-8-14/h4-8,15-17H,2-3,9-13H2,1H3,(H,20,22)/t15-,16-,17-/m0/s1. The van der Waals surface area contributed by atoms with Gasteiger partial charge in [-0.1, -0.05) is 43.7 Å². The van der Waals surface area contributed by atoms with Gasteiger partial charge in [0, 0.05) is 6.04 Å². The van der Waals surface area contributed by atoms with Crippen LogP contribution in [0.5, 0.6) is 0 Å². The molecule has 2 saturated heterocycles. The van der Waals surface area contributed by atoms with Crippen LogP contribution in [-0.4, -0.2) is 41.8 Å². The number of nitrogens with one attached hydrogen (secondary N) is 1. The van der Waals surface area contributed by atoms with Gasteiger partial charge < -0.3 is 19.7 Å². The lowest BCUT2D eigenvalue weighted by atomic mass is 9.96. The second kappa shape index (κ2) is 8.23. The van der Waals surface area contributed by atoms with Crippen LogP contribution >= 0.6 is 0 Å². The maximum atomic E-state index is 12.3. The molecule has 0 spiro atoms. The van der Waals surface area contributed by atoms with Crippen LogP contribution < -0.4 is 5.32 Å². The Morgan fingerprint density at radius 1 is 1.20 bits per heavy atom. The molecule has 2 fully saturated rings. The van der Waals surface area contributed by atoms with E-state index in [0.717, 1.165) is 37.7 Å². The van der Waals surface area contributed by atoms with Crippen LogP contribution in [-0.2, 0) is 16.1 Å². The molecule has 0 radical (unpaired) electrons. The van der Waals surface area contributed by atoms with E-state index in [1.54, 1.807) is 0 Å². The Kier molecular flexibility index (Phi) is 5.79. The molecule has 3 atom stereocenters. The van der Waals surface area contributed by atoms with E-state index in [9.17, 15) is 9.59 Å². The number of fused-ring (bicyclic) bond motifs is 2. The fourth-order valence-corrected chi connectivity index (χ4v) is 3.72. The predicted octanol–water partition coefficient (Wildman–Crippen LogP) is 3.45. The van der Waals surface area contributed by atoms with Gasteiger partial charge in [-0.25, -0.2) is 9.59 Å². The van der Waals surface area contributed by atoms with E-state index in [0.29, 0.717) is 6.61 Å². The maximum Gasteiger partial charge on any atom is 0.410 e. The monoisotopic (exact) mass is 346 g/mol. The number of alkyl carbamates (subject to hydrolysis) is 1. The summed E-state index contributed by atoms with van der Waals surface area (Å²) in [6.45, 7) is 2.77. The van der Waals surface area contributed by atoms with Crippen molar-refractivity contribution in [3.8, 4) is 0 Å². The van der Waals surface area contributed by atoms with Crippen LogP contribution in [0, 0.1) is 0 Å². The molecule has 136 valence electrons. The van der Waals surface area contributed by atoms with Gasteiger partial charge in [-0.05, 0) is 31.2 Å². The minimum atomic E-state index is -0.430. The van der Waals surface area contributed by atoms with E-state index >= 15 is 0 Å².